The highest BCUT2D eigenvalue weighted by Crippen LogP contribution is 2.74. The third-order valence-electron chi connectivity index (χ3n) is 7.09. The van der Waals surface area contributed by atoms with Gasteiger partial charge in [-0.05, 0) is 56.2 Å². The van der Waals surface area contributed by atoms with Crippen molar-refractivity contribution < 1.29 is 8.42 Å². The standard InChI is InChI=1S/C24H26ClNO2S/c1-17-11-13-20(14-12-17)29(27,28)26-15-21-22(18-7-3-2-4-8-18)24(21,16-26)23(25)19-9-5-6-10-19/h2-4,7-8,11-14,21-22H,5-6,9-10,15-16H2,1H3/t21-,22-,24+/m0/s1. The second kappa shape index (κ2) is 6.97. The summed E-state index contributed by atoms with van der Waals surface area (Å²) < 4.78 is 28.3. The first-order valence-corrected chi connectivity index (χ1v) is 12.3. The first kappa shape index (κ1) is 19.3. The van der Waals surface area contributed by atoms with E-state index in [2.05, 4.69) is 24.3 Å². The highest BCUT2D eigenvalue weighted by atomic mass is 35.5. The number of fused-ring (bicyclic) bond motifs is 1. The molecule has 3 atom stereocenters. The molecular weight excluding hydrogens is 402 g/mol. The molecule has 0 spiro atoms. The topological polar surface area (TPSA) is 37.4 Å². The van der Waals surface area contributed by atoms with E-state index in [1.807, 2.05) is 25.1 Å². The van der Waals surface area contributed by atoms with Gasteiger partial charge in [0.2, 0.25) is 10.0 Å². The molecule has 0 unspecified atom stereocenters. The van der Waals surface area contributed by atoms with E-state index in [9.17, 15) is 8.42 Å². The Hall–Kier alpha value is -1.62. The number of hydrogen-bond acceptors (Lipinski definition) is 2. The van der Waals surface area contributed by atoms with Crippen LogP contribution in [0.1, 0.15) is 42.7 Å². The summed E-state index contributed by atoms with van der Waals surface area (Å²) in [7, 11) is -3.51. The molecule has 0 N–H and O–H groups in total. The maximum absolute atomic E-state index is 13.3. The van der Waals surface area contributed by atoms with Crippen molar-refractivity contribution in [3.05, 3.63) is 76.3 Å². The van der Waals surface area contributed by atoms with Crippen LogP contribution >= 0.6 is 11.6 Å². The van der Waals surface area contributed by atoms with Crippen LogP contribution in [0, 0.1) is 18.3 Å². The molecule has 29 heavy (non-hydrogen) atoms. The van der Waals surface area contributed by atoms with Crippen molar-refractivity contribution in [2.45, 2.75) is 43.4 Å². The molecule has 0 radical (unpaired) electrons. The van der Waals surface area contributed by atoms with Crippen molar-refractivity contribution in [3.8, 4) is 0 Å². The van der Waals surface area contributed by atoms with Gasteiger partial charge in [-0.3, -0.25) is 0 Å². The summed E-state index contributed by atoms with van der Waals surface area (Å²) >= 11 is 7.06. The van der Waals surface area contributed by atoms with E-state index in [0.717, 1.165) is 23.4 Å². The van der Waals surface area contributed by atoms with Crippen LogP contribution in [-0.4, -0.2) is 25.8 Å². The summed E-state index contributed by atoms with van der Waals surface area (Å²) in [6.07, 6.45) is 4.49. The minimum absolute atomic E-state index is 0.250. The summed E-state index contributed by atoms with van der Waals surface area (Å²) in [5, 5.41) is 0.954. The van der Waals surface area contributed by atoms with Crippen LogP contribution < -0.4 is 0 Å². The number of benzene rings is 2. The van der Waals surface area contributed by atoms with E-state index in [1.165, 1.54) is 24.0 Å². The van der Waals surface area contributed by atoms with Gasteiger partial charge in [0.1, 0.15) is 0 Å². The number of sulfonamides is 1. The molecule has 152 valence electrons. The van der Waals surface area contributed by atoms with Gasteiger partial charge >= 0.3 is 0 Å². The third kappa shape index (κ3) is 2.99. The smallest absolute Gasteiger partial charge is 0.207 e. The summed E-state index contributed by atoms with van der Waals surface area (Å²) in [5.74, 6) is 0.569. The first-order chi connectivity index (χ1) is 13.9. The zero-order chi connectivity index (χ0) is 20.2. The summed E-state index contributed by atoms with van der Waals surface area (Å²) in [6.45, 7) is 2.99. The largest absolute Gasteiger partial charge is 0.243 e. The minimum Gasteiger partial charge on any atom is -0.207 e. The van der Waals surface area contributed by atoms with Crippen molar-refractivity contribution in [1.82, 2.24) is 4.31 Å². The number of piperidine rings is 1. The molecule has 1 heterocycles. The van der Waals surface area contributed by atoms with Gasteiger partial charge in [-0.15, -0.1) is 0 Å². The molecule has 2 saturated carbocycles. The van der Waals surface area contributed by atoms with Gasteiger partial charge in [-0.2, -0.15) is 4.31 Å². The SMILES string of the molecule is Cc1ccc(S(=O)(=O)N2C[C@H]3[C@H](c4ccccc4)[C@@]3(C(Cl)=C3CCCC3)C2)cc1. The fraction of sp³-hybridized carbons (Fsp3) is 0.417. The fourth-order valence-electron chi connectivity index (χ4n) is 5.53. The van der Waals surface area contributed by atoms with Crippen molar-refractivity contribution in [2.24, 2.45) is 11.3 Å². The number of halogens is 1. The molecule has 2 aromatic rings. The number of nitrogens with zero attached hydrogens (tertiary/aromatic N) is 1. The molecule has 3 nitrogen and oxygen atoms in total. The van der Waals surface area contributed by atoms with Crippen LogP contribution in [0.5, 0.6) is 0 Å². The van der Waals surface area contributed by atoms with E-state index in [1.54, 1.807) is 16.4 Å². The van der Waals surface area contributed by atoms with Gasteiger partial charge in [0.05, 0.1) is 4.90 Å². The van der Waals surface area contributed by atoms with E-state index in [0.29, 0.717) is 23.9 Å². The van der Waals surface area contributed by atoms with Gasteiger partial charge in [0.15, 0.2) is 0 Å². The lowest BCUT2D eigenvalue weighted by Crippen LogP contribution is -2.33. The molecule has 2 aromatic carbocycles. The van der Waals surface area contributed by atoms with Crippen molar-refractivity contribution in [3.63, 3.8) is 0 Å². The second-order valence-electron chi connectivity index (χ2n) is 8.77. The van der Waals surface area contributed by atoms with E-state index < -0.39 is 10.0 Å². The quantitative estimate of drug-likeness (QED) is 0.649. The van der Waals surface area contributed by atoms with Gasteiger partial charge in [0.25, 0.3) is 0 Å². The highest BCUT2D eigenvalue weighted by molar-refractivity contribution is 7.89. The van der Waals surface area contributed by atoms with Gasteiger partial charge in [0, 0.05) is 29.5 Å². The van der Waals surface area contributed by atoms with Gasteiger partial charge in [-0.25, -0.2) is 8.42 Å². The van der Waals surface area contributed by atoms with Gasteiger partial charge < -0.3 is 0 Å². The maximum Gasteiger partial charge on any atom is 0.243 e. The number of allylic oxidation sites excluding steroid dienone is 1. The first-order valence-electron chi connectivity index (χ1n) is 10.4. The molecule has 5 heteroatoms. The van der Waals surface area contributed by atoms with Crippen LogP contribution in [0.3, 0.4) is 0 Å². The molecule has 0 amide bonds. The summed E-state index contributed by atoms with van der Waals surface area (Å²) in [6, 6.07) is 17.6. The van der Waals surface area contributed by atoms with Crippen LogP contribution in [0.25, 0.3) is 0 Å². The molecule has 3 aliphatic rings. The average molecular weight is 428 g/mol. The van der Waals surface area contributed by atoms with Gasteiger partial charge in [-0.1, -0.05) is 65.2 Å². The molecule has 3 fully saturated rings. The lowest BCUT2D eigenvalue weighted by molar-refractivity contribution is 0.411. The zero-order valence-corrected chi connectivity index (χ0v) is 18.2. The Morgan fingerprint density at radius 3 is 2.34 bits per heavy atom. The van der Waals surface area contributed by atoms with E-state index in [4.69, 9.17) is 11.6 Å². The molecule has 1 saturated heterocycles. The Balaban J connectivity index is 1.51. The number of rotatable bonds is 4. The molecular formula is C24H26ClNO2S. The van der Waals surface area contributed by atoms with Crippen LogP contribution in [0.2, 0.25) is 0 Å². The van der Waals surface area contributed by atoms with E-state index in [-0.39, 0.29) is 11.3 Å². The molecule has 0 aromatic heterocycles. The number of aryl methyl sites for hydroxylation is 1. The van der Waals surface area contributed by atoms with Crippen LogP contribution in [-0.2, 0) is 10.0 Å². The van der Waals surface area contributed by atoms with Crippen molar-refractivity contribution >= 4 is 21.6 Å². The predicted molar refractivity (Wildman–Crippen MR) is 116 cm³/mol. The Kier molecular flexibility index (Phi) is 4.65. The normalized spacial score (nSPS) is 29.1. The molecule has 1 aliphatic heterocycles. The van der Waals surface area contributed by atoms with Crippen molar-refractivity contribution in [1.29, 1.82) is 0 Å². The zero-order valence-electron chi connectivity index (χ0n) is 16.6. The van der Waals surface area contributed by atoms with Crippen LogP contribution in [0.15, 0.2) is 70.1 Å². The third-order valence-corrected chi connectivity index (χ3v) is 9.54. The van der Waals surface area contributed by atoms with Crippen LogP contribution in [0.4, 0.5) is 0 Å². The minimum atomic E-state index is -3.51. The van der Waals surface area contributed by atoms with Crippen molar-refractivity contribution in [2.75, 3.05) is 13.1 Å². The Labute approximate surface area is 178 Å². The second-order valence-corrected chi connectivity index (χ2v) is 11.1. The maximum atomic E-state index is 13.3. The fourth-order valence-corrected chi connectivity index (χ4v) is 7.55. The molecule has 2 aliphatic carbocycles. The highest BCUT2D eigenvalue weighted by Gasteiger charge is 2.72. The number of hydrogen-bond donors (Lipinski definition) is 0. The predicted octanol–water partition coefficient (Wildman–Crippen LogP) is 5.47. The Morgan fingerprint density at radius 2 is 1.69 bits per heavy atom. The Bertz CT molecular complexity index is 1050. The Morgan fingerprint density at radius 1 is 1.03 bits per heavy atom. The molecule has 0 bridgehead atoms. The summed E-state index contributed by atoms with van der Waals surface area (Å²) in [4.78, 5) is 0.375. The lowest BCUT2D eigenvalue weighted by atomic mass is 9.95. The lowest BCUT2D eigenvalue weighted by Gasteiger charge is -2.24. The monoisotopic (exact) mass is 427 g/mol. The van der Waals surface area contributed by atoms with E-state index >= 15 is 0 Å². The average Bonchev–Trinajstić information content (AvgIpc) is 3.12. The molecule has 5 rings (SSSR count). The summed E-state index contributed by atoms with van der Waals surface area (Å²) in [5.41, 5.74) is 3.44.